The van der Waals surface area contributed by atoms with Crippen LogP contribution in [0.1, 0.15) is 6.42 Å². The molecule has 0 aromatic carbocycles. The number of carbonyl (C=O) groups is 2. The minimum absolute atomic E-state index is 2.62. The van der Waals surface area contributed by atoms with Gasteiger partial charge in [-0.3, -0.25) is 4.79 Å². The van der Waals surface area contributed by atoms with Crippen molar-refractivity contribution < 1.29 is 72.5 Å². The predicted molar refractivity (Wildman–Crippen MR) is 58.7 cm³/mol. The zero-order chi connectivity index (χ0) is 22.2. The molecule has 0 saturated carbocycles. The average Bonchev–Trinajstić information content (AvgIpc) is 2.42. The van der Waals surface area contributed by atoms with Gasteiger partial charge in [-0.25, -0.2) is 31.1 Å². The second kappa shape index (κ2) is 7.46. The van der Waals surface area contributed by atoms with Crippen LogP contribution in [0.15, 0.2) is 11.1 Å². The summed E-state index contributed by atoms with van der Waals surface area (Å²) in [7, 11) is 0. The molecule has 4 nitrogen and oxygen atoms in total. The molecule has 27 heavy (non-hydrogen) atoms. The fourth-order valence-corrected chi connectivity index (χ4v) is 1.88. The Kier molecular flexibility index (Phi) is 6.86. The number of carboxylic acid groups (broad SMARTS) is 2. The molecule has 0 rings (SSSR count). The van der Waals surface area contributed by atoms with Crippen LogP contribution >= 0.6 is 0 Å². The zero-order valence-electron chi connectivity index (χ0n) is 12.1. The smallest absolute Gasteiger partial charge is 0.432 e. The van der Waals surface area contributed by atoms with Gasteiger partial charge in [-0.05, 0) is 0 Å². The molecular formula is C11H6F12O4. The molecule has 16 heteroatoms. The highest BCUT2D eigenvalue weighted by atomic mass is 19.4. The molecular weight excluding hydrogens is 424 g/mol. The molecule has 0 amide bonds. The maximum Gasteiger partial charge on any atom is 0.432 e. The van der Waals surface area contributed by atoms with E-state index in [2.05, 4.69) is 0 Å². The summed E-state index contributed by atoms with van der Waals surface area (Å²) in [4.78, 5) is 21.2. The lowest BCUT2D eigenvalue weighted by Crippen LogP contribution is -2.61. The molecule has 0 aliphatic rings. The second-order valence-electron chi connectivity index (χ2n) is 4.75. The third-order valence-electron chi connectivity index (χ3n) is 3.04. The Bertz CT molecular complexity index is 588. The van der Waals surface area contributed by atoms with E-state index in [9.17, 15) is 62.3 Å². The van der Waals surface area contributed by atoms with Gasteiger partial charge in [0, 0.05) is 5.57 Å². The van der Waals surface area contributed by atoms with Gasteiger partial charge in [0.1, 0.15) is 0 Å². The number of hydrogen-bond acceptors (Lipinski definition) is 2. The Labute approximate surface area is 140 Å². The first-order valence-corrected chi connectivity index (χ1v) is 6.02. The summed E-state index contributed by atoms with van der Waals surface area (Å²) in [5.41, 5.74) is -21.2. The summed E-state index contributed by atoms with van der Waals surface area (Å²) in [5.74, 6) is -5.94. The quantitative estimate of drug-likeness (QED) is 0.475. The van der Waals surface area contributed by atoms with Crippen LogP contribution < -0.4 is 0 Å². The third-order valence-corrected chi connectivity index (χ3v) is 3.04. The highest BCUT2D eigenvalue weighted by molar-refractivity contribution is 5.94. The Morgan fingerprint density at radius 3 is 1.15 bits per heavy atom. The van der Waals surface area contributed by atoms with Crippen LogP contribution in [0.4, 0.5) is 52.7 Å². The molecule has 0 aromatic heterocycles. The van der Waals surface area contributed by atoms with E-state index in [1.807, 2.05) is 0 Å². The summed E-state index contributed by atoms with van der Waals surface area (Å²) >= 11 is 0. The van der Waals surface area contributed by atoms with Gasteiger partial charge in [-0.2, -0.15) is 26.3 Å². The van der Waals surface area contributed by atoms with E-state index in [-0.39, 0.29) is 0 Å². The number of rotatable bonds is 7. The van der Waals surface area contributed by atoms with E-state index in [1.165, 1.54) is 0 Å². The normalized spacial score (nSPS) is 17.4. The maximum absolute atomic E-state index is 14.1. The molecule has 2 atom stereocenters. The molecule has 0 spiro atoms. The molecule has 0 saturated heterocycles. The van der Waals surface area contributed by atoms with Gasteiger partial charge in [0.05, 0.1) is 12.0 Å². The van der Waals surface area contributed by atoms with Gasteiger partial charge in [0.2, 0.25) is 0 Å². The van der Waals surface area contributed by atoms with Crippen molar-refractivity contribution in [3.63, 3.8) is 0 Å². The first kappa shape index (κ1) is 24.8. The van der Waals surface area contributed by atoms with E-state index >= 15 is 0 Å². The van der Waals surface area contributed by atoms with Gasteiger partial charge in [0.25, 0.3) is 24.2 Å². The molecule has 0 aromatic rings. The summed E-state index contributed by atoms with van der Waals surface area (Å²) in [5, 5.41) is 16.9. The molecule has 2 N–H and O–H groups in total. The minimum Gasteiger partial charge on any atom is -0.481 e. The number of alkyl halides is 12. The largest absolute Gasteiger partial charge is 0.481 e. The van der Waals surface area contributed by atoms with Crippen LogP contribution in [-0.2, 0) is 9.59 Å². The fourth-order valence-electron chi connectivity index (χ4n) is 1.88. The first-order valence-electron chi connectivity index (χ1n) is 6.02. The number of carboxylic acids is 2. The lowest BCUT2D eigenvalue weighted by molar-refractivity contribution is -0.291. The number of halogens is 12. The van der Waals surface area contributed by atoms with Gasteiger partial charge >= 0.3 is 24.3 Å². The number of hydrogen-bond donors (Lipinski definition) is 2. The first-order chi connectivity index (χ1) is 11.8. The van der Waals surface area contributed by atoms with Crippen LogP contribution in [0.3, 0.4) is 0 Å². The van der Waals surface area contributed by atoms with E-state index < -0.39 is 66.0 Å². The SMILES string of the molecule is O=C(O)CC(C(=O)O)=C(C(F)(C(F)F)C(F)(F)F)C(F)(C(F)F)C(F)(F)F. The maximum atomic E-state index is 14.1. The van der Waals surface area contributed by atoms with Crippen LogP contribution in [0.25, 0.3) is 0 Å². The second-order valence-corrected chi connectivity index (χ2v) is 4.75. The Morgan fingerprint density at radius 1 is 0.704 bits per heavy atom. The van der Waals surface area contributed by atoms with Crippen molar-refractivity contribution in [1.29, 1.82) is 0 Å². The van der Waals surface area contributed by atoms with E-state index in [4.69, 9.17) is 10.2 Å². The van der Waals surface area contributed by atoms with E-state index in [0.29, 0.717) is 0 Å². The van der Waals surface area contributed by atoms with Crippen molar-refractivity contribution in [1.82, 2.24) is 0 Å². The summed E-state index contributed by atoms with van der Waals surface area (Å²) in [6.07, 6.45) is -28.6. The average molecular weight is 430 g/mol. The molecule has 0 fully saturated rings. The Hall–Kier alpha value is -2.16. The third kappa shape index (κ3) is 4.23. The molecule has 158 valence electrons. The summed E-state index contributed by atoms with van der Waals surface area (Å²) in [6.45, 7) is 0. The Morgan fingerprint density at radius 2 is 1.00 bits per heavy atom. The zero-order valence-corrected chi connectivity index (χ0v) is 12.1. The van der Waals surface area contributed by atoms with Gasteiger partial charge in [-0.1, -0.05) is 0 Å². The van der Waals surface area contributed by atoms with Crippen molar-refractivity contribution in [3.8, 4) is 0 Å². The van der Waals surface area contributed by atoms with Gasteiger partial charge in [-0.15, -0.1) is 0 Å². The Balaban J connectivity index is 7.66. The van der Waals surface area contributed by atoms with E-state index in [1.54, 1.807) is 0 Å². The van der Waals surface area contributed by atoms with Crippen molar-refractivity contribution in [3.05, 3.63) is 11.1 Å². The summed E-state index contributed by atoms with van der Waals surface area (Å²) in [6, 6.07) is 0. The topological polar surface area (TPSA) is 74.6 Å². The molecule has 0 bridgehead atoms. The molecule has 0 radical (unpaired) electrons. The van der Waals surface area contributed by atoms with Crippen LogP contribution in [0.2, 0.25) is 0 Å². The van der Waals surface area contributed by atoms with Crippen molar-refractivity contribution in [2.24, 2.45) is 0 Å². The lowest BCUT2D eigenvalue weighted by atomic mass is 9.78. The lowest BCUT2D eigenvalue weighted by Gasteiger charge is -2.38. The highest BCUT2D eigenvalue weighted by Crippen LogP contribution is 2.56. The summed E-state index contributed by atoms with van der Waals surface area (Å²) < 4.78 is 155. The standard InChI is InChI=1S/C11H6F12O4/c12-6(13)8(16,10(18,19)20)4(2(5(26)27)1-3(24)25)9(17,7(14)15)11(21,22)23/h6-7H,1H2,(H,24,25)(H,26,27). The van der Waals surface area contributed by atoms with Crippen molar-refractivity contribution in [2.75, 3.05) is 0 Å². The molecule has 0 heterocycles. The minimum atomic E-state index is -7.24. The van der Waals surface area contributed by atoms with Gasteiger partial charge in [0.15, 0.2) is 0 Å². The molecule has 2 unspecified atom stereocenters. The van der Waals surface area contributed by atoms with Crippen LogP contribution in [-0.4, -0.2) is 58.7 Å². The van der Waals surface area contributed by atoms with E-state index in [0.717, 1.165) is 0 Å². The highest BCUT2D eigenvalue weighted by Gasteiger charge is 2.78. The molecule has 0 aliphatic heterocycles. The predicted octanol–water partition coefficient (Wildman–Crippen LogP) is 3.91. The van der Waals surface area contributed by atoms with Crippen molar-refractivity contribution in [2.45, 2.75) is 43.0 Å². The van der Waals surface area contributed by atoms with Gasteiger partial charge < -0.3 is 10.2 Å². The number of allylic oxidation sites excluding steroid dienone is 1. The molecule has 0 aliphatic carbocycles. The fraction of sp³-hybridized carbons (Fsp3) is 0.636. The van der Waals surface area contributed by atoms with Crippen LogP contribution in [0.5, 0.6) is 0 Å². The number of aliphatic carboxylic acids is 2. The monoisotopic (exact) mass is 430 g/mol. The van der Waals surface area contributed by atoms with Crippen LogP contribution in [0, 0.1) is 0 Å². The van der Waals surface area contributed by atoms with Crippen molar-refractivity contribution >= 4 is 11.9 Å².